The van der Waals surface area contributed by atoms with E-state index in [2.05, 4.69) is 11.5 Å². The Morgan fingerprint density at radius 3 is 2.44 bits per heavy atom. The maximum absolute atomic E-state index is 13.6. The number of nitrogens with zero attached hydrogens (tertiary/aromatic N) is 2. The summed E-state index contributed by atoms with van der Waals surface area (Å²) >= 11 is 0. The topological polar surface area (TPSA) is 70.1 Å². The Morgan fingerprint density at radius 1 is 1.18 bits per heavy atom. The van der Waals surface area contributed by atoms with Crippen LogP contribution < -0.4 is 4.74 Å². The van der Waals surface area contributed by atoms with Crippen molar-refractivity contribution >= 4 is 17.4 Å². The first-order chi connectivity index (χ1) is 16.3. The lowest BCUT2D eigenvalue weighted by atomic mass is 9.94. The van der Waals surface area contributed by atoms with Crippen LogP contribution in [0.3, 0.4) is 0 Å². The van der Waals surface area contributed by atoms with Gasteiger partial charge in [-0.2, -0.15) is 0 Å². The minimum absolute atomic E-state index is 0.000912. The predicted molar refractivity (Wildman–Crippen MR) is 130 cm³/mol. The summed E-state index contributed by atoms with van der Waals surface area (Å²) in [6.45, 7) is 12.3. The van der Waals surface area contributed by atoms with Gasteiger partial charge in [0.05, 0.1) is 11.6 Å². The second-order valence-electron chi connectivity index (χ2n) is 8.15. The van der Waals surface area contributed by atoms with Gasteiger partial charge in [0, 0.05) is 18.7 Å². The van der Waals surface area contributed by atoms with Gasteiger partial charge in [0.15, 0.2) is 0 Å². The number of halogens is 1. The number of aliphatic hydroxyl groups is 1. The highest BCUT2D eigenvalue weighted by Crippen LogP contribution is 2.40. The molecule has 0 spiro atoms. The van der Waals surface area contributed by atoms with Crippen LogP contribution in [0, 0.1) is 12.7 Å². The van der Waals surface area contributed by atoms with Gasteiger partial charge in [-0.15, -0.1) is 0 Å². The molecule has 1 saturated heterocycles. The van der Waals surface area contributed by atoms with Crippen molar-refractivity contribution in [1.82, 2.24) is 9.80 Å². The monoisotopic (exact) mass is 466 g/mol. The molecule has 0 saturated carbocycles. The molecule has 1 unspecified atom stereocenters. The van der Waals surface area contributed by atoms with Gasteiger partial charge in [-0.05, 0) is 61.5 Å². The number of rotatable bonds is 10. The van der Waals surface area contributed by atoms with Gasteiger partial charge in [0.2, 0.25) is 0 Å². The second-order valence-corrected chi connectivity index (χ2v) is 8.15. The summed E-state index contributed by atoms with van der Waals surface area (Å²) in [7, 11) is 0. The van der Waals surface area contributed by atoms with E-state index >= 15 is 0 Å². The van der Waals surface area contributed by atoms with Crippen molar-refractivity contribution < 1.29 is 23.8 Å². The standard InChI is InChI=1S/C27H31FN2O4/c1-5-16-34-21-12-13-22(18(4)17-21)25(31)23-24(19-8-10-20(28)11-9-19)30(27(33)26(23)32)15-14-29(6-2)7-3/h5,8-13,17,24,31H,1,6-7,14-16H2,2-4H3. The third-order valence-corrected chi connectivity index (χ3v) is 6.10. The average Bonchev–Trinajstić information content (AvgIpc) is 3.08. The molecule has 180 valence electrons. The van der Waals surface area contributed by atoms with Crippen LogP contribution >= 0.6 is 0 Å². The number of likely N-dealkylation sites (N-methyl/N-ethyl adjacent to an activating group) is 1. The molecule has 3 rings (SSSR count). The van der Waals surface area contributed by atoms with Crippen molar-refractivity contribution in [3.63, 3.8) is 0 Å². The molecular weight excluding hydrogens is 435 g/mol. The lowest BCUT2D eigenvalue weighted by molar-refractivity contribution is -0.140. The summed E-state index contributed by atoms with van der Waals surface area (Å²) in [6.07, 6.45) is 1.63. The van der Waals surface area contributed by atoms with Gasteiger partial charge in [-0.1, -0.05) is 38.6 Å². The first-order valence-corrected chi connectivity index (χ1v) is 11.4. The van der Waals surface area contributed by atoms with Gasteiger partial charge < -0.3 is 19.6 Å². The van der Waals surface area contributed by atoms with Crippen LogP contribution in [-0.2, 0) is 9.59 Å². The number of hydrogen-bond acceptors (Lipinski definition) is 5. The summed E-state index contributed by atoms with van der Waals surface area (Å²) in [5.41, 5.74) is 1.68. The first-order valence-electron chi connectivity index (χ1n) is 11.4. The number of Topliss-reactive ketones (excluding diaryl/α,β-unsaturated/α-hetero) is 1. The van der Waals surface area contributed by atoms with E-state index in [4.69, 9.17) is 4.74 Å². The lowest BCUT2D eigenvalue weighted by Gasteiger charge is -2.28. The van der Waals surface area contributed by atoms with Crippen LogP contribution in [0.2, 0.25) is 0 Å². The Morgan fingerprint density at radius 2 is 1.85 bits per heavy atom. The smallest absolute Gasteiger partial charge is 0.295 e. The molecule has 0 aromatic heterocycles. The third-order valence-electron chi connectivity index (χ3n) is 6.10. The number of ether oxygens (including phenoxy) is 1. The molecule has 1 aliphatic rings. The van der Waals surface area contributed by atoms with Crippen LogP contribution in [0.25, 0.3) is 5.76 Å². The van der Waals surface area contributed by atoms with E-state index in [1.165, 1.54) is 17.0 Å². The zero-order chi connectivity index (χ0) is 24.8. The van der Waals surface area contributed by atoms with Gasteiger partial charge in [0.1, 0.15) is 23.9 Å². The van der Waals surface area contributed by atoms with E-state index < -0.39 is 23.5 Å². The molecule has 2 aromatic rings. The molecule has 34 heavy (non-hydrogen) atoms. The van der Waals surface area contributed by atoms with E-state index in [9.17, 15) is 19.1 Å². The van der Waals surface area contributed by atoms with Gasteiger partial charge in [-0.3, -0.25) is 9.59 Å². The highest BCUT2D eigenvalue weighted by molar-refractivity contribution is 6.46. The molecule has 6 nitrogen and oxygen atoms in total. The zero-order valence-electron chi connectivity index (χ0n) is 19.9. The van der Waals surface area contributed by atoms with Crippen LogP contribution in [0.4, 0.5) is 4.39 Å². The fourth-order valence-corrected chi connectivity index (χ4v) is 4.18. The van der Waals surface area contributed by atoms with Crippen LogP contribution in [0.15, 0.2) is 60.7 Å². The molecule has 1 heterocycles. The van der Waals surface area contributed by atoms with Crippen molar-refractivity contribution in [1.29, 1.82) is 0 Å². The summed E-state index contributed by atoms with van der Waals surface area (Å²) in [6, 6.07) is 9.96. The molecule has 1 fully saturated rings. The summed E-state index contributed by atoms with van der Waals surface area (Å²) in [5.74, 6) is -1.51. The Hall–Kier alpha value is -3.45. The lowest BCUT2D eigenvalue weighted by Crippen LogP contribution is -2.38. The Bertz CT molecular complexity index is 1090. The second kappa shape index (κ2) is 11.1. The number of benzene rings is 2. The Balaban J connectivity index is 2.08. The fourth-order valence-electron chi connectivity index (χ4n) is 4.18. The maximum atomic E-state index is 13.6. The summed E-state index contributed by atoms with van der Waals surface area (Å²) < 4.78 is 19.2. The molecule has 0 bridgehead atoms. The fraction of sp³-hybridized carbons (Fsp3) is 0.333. The van der Waals surface area contributed by atoms with Crippen molar-refractivity contribution in [2.45, 2.75) is 26.8 Å². The van der Waals surface area contributed by atoms with Crippen molar-refractivity contribution in [2.75, 3.05) is 32.8 Å². The minimum Gasteiger partial charge on any atom is -0.507 e. The van der Waals surface area contributed by atoms with Crippen molar-refractivity contribution in [2.24, 2.45) is 0 Å². The minimum atomic E-state index is -0.813. The SMILES string of the molecule is C=CCOc1ccc(C(O)=C2C(=O)C(=O)N(CCN(CC)CC)C2c2ccc(F)cc2)c(C)c1. The maximum Gasteiger partial charge on any atom is 0.295 e. The predicted octanol–water partition coefficient (Wildman–Crippen LogP) is 4.46. The van der Waals surface area contributed by atoms with Crippen LogP contribution in [0.5, 0.6) is 5.75 Å². The Kier molecular flexibility index (Phi) is 8.23. The molecule has 1 amide bonds. The van der Waals surface area contributed by atoms with Crippen LogP contribution in [0.1, 0.15) is 36.6 Å². The van der Waals surface area contributed by atoms with Gasteiger partial charge in [-0.25, -0.2) is 4.39 Å². The number of carbonyl (C=O) groups is 2. The number of aliphatic hydroxyl groups excluding tert-OH is 1. The highest BCUT2D eigenvalue weighted by atomic mass is 19.1. The quantitative estimate of drug-likeness (QED) is 0.242. The van der Waals surface area contributed by atoms with E-state index in [1.807, 2.05) is 13.8 Å². The molecule has 2 aromatic carbocycles. The van der Waals surface area contributed by atoms with E-state index in [-0.39, 0.29) is 11.3 Å². The molecule has 0 radical (unpaired) electrons. The molecule has 0 aliphatic carbocycles. The number of amides is 1. The average molecular weight is 467 g/mol. The normalized spacial score (nSPS) is 17.4. The van der Waals surface area contributed by atoms with Crippen molar-refractivity contribution in [3.05, 3.63) is 83.2 Å². The summed E-state index contributed by atoms with van der Waals surface area (Å²) in [5, 5.41) is 11.3. The highest BCUT2D eigenvalue weighted by Gasteiger charge is 2.46. The summed E-state index contributed by atoms with van der Waals surface area (Å²) in [4.78, 5) is 29.8. The van der Waals surface area contributed by atoms with Gasteiger partial charge in [0.25, 0.3) is 11.7 Å². The molecule has 1 N–H and O–H groups in total. The van der Waals surface area contributed by atoms with E-state index in [0.29, 0.717) is 42.1 Å². The molecule has 7 heteroatoms. The number of ketones is 1. The Labute approximate surface area is 199 Å². The number of hydrogen-bond donors (Lipinski definition) is 1. The number of aryl methyl sites for hydroxylation is 1. The largest absolute Gasteiger partial charge is 0.507 e. The molecular formula is C27H31FN2O4. The molecule has 1 aliphatic heterocycles. The van der Waals surface area contributed by atoms with Crippen LogP contribution in [-0.4, -0.2) is 59.4 Å². The zero-order valence-corrected chi connectivity index (χ0v) is 19.9. The first kappa shape index (κ1) is 25.2. The van der Waals surface area contributed by atoms with Gasteiger partial charge >= 0.3 is 0 Å². The van der Waals surface area contributed by atoms with E-state index in [1.54, 1.807) is 43.3 Å². The molecule has 1 atom stereocenters. The number of carbonyl (C=O) groups excluding carboxylic acids is 2. The third kappa shape index (κ3) is 5.20. The number of likely N-dealkylation sites (tertiary alicyclic amines) is 1. The van der Waals surface area contributed by atoms with E-state index in [0.717, 1.165) is 13.1 Å². The van der Waals surface area contributed by atoms with Crippen molar-refractivity contribution in [3.8, 4) is 5.75 Å².